The summed E-state index contributed by atoms with van der Waals surface area (Å²) in [7, 11) is 7.81. The molecule has 0 bridgehead atoms. The maximum atomic E-state index is 14.2. The number of esters is 1. The van der Waals surface area contributed by atoms with Crippen LogP contribution in [0, 0.1) is 23.7 Å². The molecule has 2 rings (SSSR count). The zero-order chi connectivity index (χ0) is 40.0. The monoisotopic (exact) mass is 745 g/mol. The van der Waals surface area contributed by atoms with E-state index >= 15 is 0 Å². The predicted octanol–water partition coefficient (Wildman–Crippen LogP) is 3.19. The molecule has 300 valence electrons. The van der Waals surface area contributed by atoms with E-state index in [4.69, 9.17) is 14.2 Å². The van der Waals surface area contributed by atoms with Crippen molar-refractivity contribution in [2.75, 3.05) is 42.0 Å². The molecule has 0 radical (unpaired) electrons. The maximum Gasteiger partial charge on any atom is 0.328 e. The standard InChI is InChI=1S/C40H67N5O8/c1-13-26(6)35(44(9)39(49)34(25(4)5)43-38(48)33(41-8)24(2)3)31(51-10)23-32(46)45-21-17-20-30(45)36(52-11)27(7)37(47)42-29(40(50)53-12)22-28-18-15-14-16-19-28/h14-16,18-19,24-27,29-31,33-36,41H,13,17,20-23H2,1-12H3,(H,42,47)(H,43,48)/t26-,27+,29-,30-,31+,33-,34-,35-,36?/m0/s1. The number of hydrogen-bond donors (Lipinski definition) is 3. The smallest absolute Gasteiger partial charge is 0.328 e. The minimum atomic E-state index is -0.889. The van der Waals surface area contributed by atoms with Crippen molar-refractivity contribution in [3.05, 3.63) is 35.9 Å². The lowest BCUT2D eigenvalue weighted by atomic mass is 9.89. The third-order valence-electron chi connectivity index (χ3n) is 10.8. The lowest BCUT2D eigenvalue weighted by Crippen LogP contribution is -2.59. The Bertz CT molecular complexity index is 1330. The molecule has 1 aromatic rings. The van der Waals surface area contributed by atoms with E-state index in [2.05, 4.69) is 16.0 Å². The molecule has 0 spiro atoms. The van der Waals surface area contributed by atoms with Crippen LogP contribution in [-0.4, -0.2) is 124 Å². The van der Waals surface area contributed by atoms with Crippen molar-refractivity contribution in [2.24, 2.45) is 23.7 Å². The van der Waals surface area contributed by atoms with Crippen molar-refractivity contribution in [3.8, 4) is 0 Å². The average Bonchev–Trinajstić information content (AvgIpc) is 3.62. The molecule has 1 aliphatic rings. The van der Waals surface area contributed by atoms with Crippen LogP contribution >= 0.6 is 0 Å². The summed E-state index contributed by atoms with van der Waals surface area (Å²) in [5.41, 5.74) is 0.875. The summed E-state index contributed by atoms with van der Waals surface area (Å²) in [6.07, 6.45) is 1.08. The van der Waals surface area contributed by atoms with E-state index in [1.54, 1.807) is 37.9 Å². The van der Waals surface area contributed by atoms with Crippen LogP contribution in [0.25, 0.3) is 0 Å². The molecule has 1 fully saturated rings. The number of methoxy groups -OCH3 is 3. The van der Waals surface area contributed by atoms with E-state index in [0.29, 0.717) is 13.0 Å². The van der Waals surface area contributed by atoms with Crippen LogP contribution in [0.2, 0.25) is 0 Å². The molecule has 0 aliphatic carbocycles. The first-order valence-corrected chi connectivity index (χ1v) is 19.1. The van der Waals surface area contributed by atoms with Crippen LogP contribution in [0.3, 0.4) is 0 Å². The first-order valence-electron chi connectivity index (χ1n) is 19.1. The summed E-state index contributed by atoms with van der Waals surface area (Å²) in [6.45, 7) is 14.0. The van der Waals surface area contributed by atoms with Gasteiger partial charge in [-0.25, -0.2) is 4.79 Å². The maximum absolute atomic E-state index is 14.2. The molecule has 13 heteroatoms. The molecule has 3 N–H and O–H groups in total. The second-order valence-corrected chi connectivity index (χ2v) is 15.1. The largest absolute Gasteiger partial charge is 0.467 e. The van der Waals surface area contributed by atoms with Gasteiger partial charge in [-0.1, -0.05) is 85.2 Å². The van der Waals surface area contributed by atoms with E-state index in [-0.39, 0.29) is 60.3 Å². The van der Waals surface area contributed by atoms with Crippen LogP contribution in [0.5, 0.6) is 0 Å². The predicted molar refractivity (Wildman–Crippen MR) is 205 cm³/mol. The van der Waals surface area contributed by atoms with Gasteiger partial charge in [-0.3, -0.25) is 19.2 Å². The average molecular weight is 746 g/mol. The zero-order valence-corrected chi connectivity index (χ0v) is 34.1. The highest BCUT2D eigenvalue weighted by atomic mass is 16.5. The number of nitrogens with zero attached hydrogens (tertiary/aromatic N) is 2. The van der Waals surface area contributed by atoms with Crippen molar-refractivity contribution < 1.29 is 38.2 Å². The number of benzene rings is 1. The van der Waals surface area contributed by atoms with Gasteiger partial charge in [0.1, 0.15) is 12.1 Å². The summed E-state index contributed by atoms with van der Waals surface area (Å²) in [5.74, 6) is -2.47. The Morgan fingerprint density at radius 2 is 1.51 bits per heavy atom. The van der Waals surface area contributed by atoms with E-state index < -0.39 is 48.3 Å². The van der Waals surface area contributed by atoms with Crippen LogP contribution in [0.4, 0.5) is 0 Å². The molecule has 1 saturated heterocycles. The number of likely N-dealkylation sites (tertiary alicyclic amines) is 1. The molecular weight excluding hydrogens is 678 g/mol. The highest BCUT2D eigenvalue weighted by Crippen LogP contribution is 2.30. The van der Waals surface area contributed by atoms with E-state index in [9.17, 15) is 24.0 Å². The summed E-state index contributed by atoms with van der Waals surface area (Å²) in [4.78, 5) is 71.2. The van der Waals surface area contributed by atoms with Gasteiger partial charge in [0.05, 0.1) is 49.8 Å². The fraction of sp³-hybridized carbons (Fsp3) is 0.725. The van der Waals surface area contributed by atoms with Gasteiger partial charge in [0.25, 0.3) is 0 Å². The summed E-state index contributed by atoms with van der Waals surface area (Å²) in [6, 6.07) is 6.41. The van der Waals surface area contributed by atoms with Gasteiger partial charge in [0, 0.05) is 34.2 Å². The molecule has 53 heavy (non-hydrogen) atoms. The van der Waals surface area contributed by atoms with Crippen LogP contribution in [-0.2, 0) is 44.6 Å². The minimum Gasteiger partial charge on any atom is -0.467 e. The fourth-order valence-electron chi connectivity index (χ4n) is 7.54. The minimum absolute atomic E-state index is 0.00596. The first kappa shape index (κ1) is 45.6. The van der Waals surface area contributed by atoms with Crippen molar-refractivity contribution in [1.82, 2.24) is 25.8 Å². The molecule has 1 unspecified atom stereocenters. The lowest BCUT2D eigenvalue weighted by molar-refractivity contribution is -0.148. The normalized spacial score (nSPS) is 19.1. The number of nitrogens with one attached hydrogen (secondary N) is 3. The highest BCUT2D eigenvalue weighted by molar-refractivity contribution is 5.90. The molecular formula is C40H67N5O8. The zero-order valence-electron chi connectivity index (χ0n) is 34.1. The van der Waals surface area contributed by atoms with E-state index in [0.717, 1.165) is 18.4 Å². The van der Waals surface area contributed by atoms with Crippen molar-refractivity contribution in [3.63, 3.8) is 0 Å². The van der Waals surface area contributed by atoms with Crippen LogP contribution in [0.1, 0.15) is 79.7 Å². The van der Waals surface area contributed by atoms with Crippen LogP contribution < -0.4 is 16.0 Å². The third-order valence-corrected chi connectivity index (χ3v) is 10.8. The quantitative estimate of drug-likeness (QED) is 0.161. The summed E-state index contributed by atoms with van der Waals surface area (Å²) < 4.78 is 16.9. The molecule has 1 aromatic carbocycles. The molecule has 4 amide bonds. The number of ether oxygens (including phenoxy) is 3. The molecule has 1 heterocycles. The number of hydrogen-bond acceptors (Lipinski definition) is 9. The number of likely N-dealkylation sites (N-methyl/N-ethyl adjacent to an activating group) is 2. The first-order chi connectivity index (χ1) is 25.1. The van der Waals surface area contributed by atoms with Gasteiger partial charge in [0.2, 0.25) is 23.6 Å². The fourth-order valence-corrected chi connectivity index (χ4v) is 7.54. The Labute approximate surface area is 317 Å². The Morgan fingerprint density at radius 1 is 0.887 bits per heavy atom. The second kappa shape index (κ2) is 22.0. The Hall–Kier alpha value is -3.55. The molecule has 13 nitrogen and oxygen atoms in total. The van der Waals surface area contributed by atoms with Gasteiger partial charge < -0.3 is 40.0 Å². The van der Waals surface area contributed by atoms with Gasteiger partial charge in [-0.2, -0.15) is 0 Å². The summed E-state index contributed by atoms with van der Waals surface area (Å²) >= 11 is 0. The van der Waals surface area contributed by atoms with Gasteiger partial charge >= 0.3 is 5.97 Å². The van der Waals surface area contributed by atoms with Crippen molar-refractivity contribution in [2.45, 2.75) is 123 Å². The Kier molecular flexibility index (Phi) is 18.9. The van der Waals surface area contributed by atoms with Crippen LogP contribution in [0.15, 0.2) is 30.3 Å². The van der Waals surface area contributed by atoms with Gasteiger partial charge in [0.15, 0.2) is 0 Å². The molecule has 0 saturated carbocycles. The summed E-state index contributed by atoms with van der Waals surface area (Å²) in [5, 5.41) is 8.88. The van der Waals surface area contributed by atoms with E-state index in [1.165, 1.54) is 14.2 Å². The molecule has 1 aliphatic heterocycles. The van der Waals surface area contributed by atoms with Crippen molar-refractivity contribution in [1.29, 1.82) is 0 Å². The van der Waals surface area contributed by atoms with Crippen molar-refractivity contribution >= 4 is 29.6 Å². The lowest BCUT2D eigenvalue weighted by Gasteiger charge is -2.41. The molecule has 0 aromatic heterocycles. The topological polar surface area (TPSA) is 156 Å². The number of rotatable bonds is 21. The third kappa shape index (κ3) is 12.2. The second-order valence-electron chi connectivity index (χ2n) is 15.1. The highest BCUT2D eigenvalue weighted by Gasteiger charge is 2.43. The van der Waals surface area contributed by atoms with Gasteiger partial charge in [-0.05, 0) is 43.2 Å². The number of carbonyl (C=O) groups excluding carboxylic acids is 5. The SMILES string of the molecule is CC[C@H](C)[C@@H]([C@@H](CC(=O)N1CCC[C@H]1C(OC)[C@@H](C)C(=O)N[C@@H](Cc1ccccc1)C(=O)OC)OC)N(C)C(=O)[C@@H](NC(=O)[C@@H](NC)C(C)C)C(C)C. The Morgan fingerprint density at radius 3 is 2.02 bits per heavy atom. The Balaban J connectivity index is 2.27. The van der Waals surface area contributed by atoms with Gasteiger partial charge in [-0.15, -0.1) is 0 Å². The number of carbonyl (C=O) groups is 5. The van der Waals surface area contributed by atoms with E-state index in [1.807, 2.05) is 71.9 Å². The molecule has 9 atom stereocenters. The number of amides is 4.